The lowest BCUT2D eigenvalue weighted by molar-refractivity contribution is -0.138. The number of imide groups is 1. The molecule has 2 aromatic carbocycles. The van der Waals surface area contributed by atoms with Gasteiger partial charge in [-0.3, -0.25) is 24.6 Å². The number of fused-ring (bicyclic) bond motifs is 1. The van der Waals surface area contributed by atoms with Crippen LogP contribution in [0.1, 0.15) is 71.5 Å². The number of alkyl halides is 3. The number of ether oxygens (including phenoxy) is 1. The van der Waals surface area contributed by atoms with E-state index in [9.17, 15) is 27.6 Å². The lowest BCUT2D eigenvalue weighted by Crippen LogP contribution is -2.57. The van der Waals surface area contributed by atoms with E-state index in [0.29, 0.717) is 30.8 Å². The van der Waals surface area contributed by atoms with Crippen LogP contribution in [0.25, 0.3) is 0 Å². The van der Waals surface area contributed by atoms with Crippen LogP contribution in [-0.2, 0) is 22.3 Å². The summed E-state index contributed by atoms with van der Waals surface area (Å²) < 4.78 is 45.9. The van der Waals surface area contributed by atoms with Gasteiger partial charge in [0, 0.05) is 43.6 Å². The standard InChI is InChI=1S/C29H30F3N3O4/c30-29(31,32)20-5-3-4-17(12-20)19-14-34(15-19)23-6-1-2-7-25(23)39-21-8-9-22-18(13-21)16-35(28(22)38)24-10-11-26(36)33-27(24)37/h3-5,8-9,12-13,19,23-25H,1-2,6-7,10-11,14-16H2,(H,33,36,37)/t23-,24?,25-/m1/s1. The van der Waals surface area contributed by atoms with Crippen molar-refractivity contribution in [2.24, 2.45) is 0 Å². The first-order valence-electron chi connectivity index (χ1n) is 13.5. The van der Waals surface area contributed by atoms with E-state index in [4.69, 9.17) is 4.74 Å². The zero-order valence-corrected chi connectivity index (χ0v) is 21.4. The summed E-state index contributed by atoms with van der Waals surface area (Å²) in [7, 11) is 0. The quantitative estimate of drug-likeness (QED) is 0.573. The van der Waals surface area contributed by atoms with Crippen LogP contribution in [0.15, 0.2) is 42.5 Å². The number of benzene rings is 2. The zero-order chi connectivity index (χ0) is 27.3. The van der Waals surface area contributed by atoms with Gasteiger partial charge in [-0.05, 0) is 61.1 Å². The summed E-state index contributed by atoms with van der Waals surface area (Å²) in [5.41, 5.74) is 1.45. The van der Waals surface area contributed by atoms with Gasteiger partial charge in [-0.25, -0.2) is 0 Å². The van der Waals surface area contributed by atoms with Crippen LogP contribution in [0, 0.1) is 0 Å². The highest BCUT2D eigenvalue weighted by molar-refractivity contribution is 6.05. The minimum absolute atomic E-state index is 0.0531. The van der Waals surface area contributed by atoms with Crippen molar-refractivity contribution in [1.82, 2.24) is 15.1 Å². The Hall–Kier alpha value is -3.40. The molecule has 0 aromatic heterocycles. The molecule has 1 saturated carbocycles. The number of carbonyl (C=O) groups is 3. The van der Waals surface area contributed by atoms with Crippen molar-refractivity contribution >= 4 is 17.7 Å². The van der Waals surface area contributed by atoms with Gasteiger partial charge >= 0.3 is 6.18 Å². The van der Waals surface area contributed by atoms with Gasteiger partial charge in [0.15, 0.2) is 0 Å². The number of likely N-dealkylation sites (tertiary alicyclic amines) is 1. The molecule has 3 fully saturated rings. The van der Waals surface area contributed by atoms with Gasteiger partial charge in [-0.15, -0.1) is 0 Å². The van der Waals surface area contributed by atoms with Crippen molar-refractivity contribution in [1.29, 1.82) is 0 Å². The Bertz CT molecular complexity index is 1310. The fraction of sp³-hybridized carbons (Fsp3) is 0.483. The molecule has 3 aliphatic heterocycles. The molecule has 3 heterocycles. The fourth-order valence-corrected chi connectivity index (χ4v) is 6.39. The first-order valence-corrected chi connectivity index (χ1v) is 13.5. The van der Waals surface area contributed by atoms with Crippen molar-refractivity contribution in [3.63, 3.8) is 0 Å². The maximum Gasteiger partial charge on any atom is 0.416 e. The fourth-order valence-electron chi connectivity index (χ4n) is 6.39. The summed E-state index contributed by atoms with van der Waals surface area (Å²) in [6, 6.07) is 10.5. The second kappa shape index (κ2) is 9.97. The van der Waals surface area contributed by atoms with Gasteiger partial charge in [-0.1, -0.05) is 24.6 Å². The normalized spacial score (nSPS) is 26.3. The van der Waals surface area contributed by atoms with Crippen LogP contribution in [0.4, 0.5) is 13.2 Å². The molecule has 0 bridgehead atoms. The molecular weight excluding hydrogens is 511 g/mol. The van der Waals surface area contributed by atoms with Gasteiger partial charge in [0.2, 0.25) is 11.8 Å². The molecule has 39 heavy (non-hydrogen) atoms. The molecule has 4 aliphatic rings. The van der Waals surface area contributed by atoms with Gasteiger partial charge in [0.25, 0.3) is 5.91 Å². The molecule has 3 amide bonds. The maximum absolute atomic E-state index is 13.2. The van der Waals surface area contributed by atoms with E-state index in [1.165, 1.54) is 17.0 Å². The monoisotopic (exact) mass is 541 g/mol. The first kappa shape index (κ1) is 25.9. The van der Waals surface area contributed by atoms with Crippen LogP contribution in [-0.4, -0.2) is 58.8 Å². The second-order valence-electron chi connectivity index (χ2n) is 11.0. The third-order valence-electron chi connectivity index (χ3n) is 8.51. The van der Waals surface area contributed by atoms with Crippen molar-refractivity contribution in [2.45, 2.75) is 75.4 Å². The number of piperidine rings is 1. The van der Waals surface area contributed by atoms with Crippen molar-refractivity contribution in [3.8, 4) is 5.75 Å². The molecule has 0 radical (unpaired) electrons. The molecule has 2 saturated heterocycles. The highest BCUT2D eigenvalue weighted by Gasteiger charge is 2.41. The topological polar surface area (TPSA) is 79.0 Å². The third kappa shape index (κ3) is 5.02. The predicted molar refractivity (Wildman–Crippen MR) is 135 cm³/mol. The Morgan fingerprint density at radius 2 is 1.74 bits per heavy atom. The zero-order valence-electron chi connectivity index (χ0n) is 21.4. The second-order valence-corrected chi connectivity index (χ2v) is 11.0. The number of rotatable bonds is 5. The Kier molecular flexibility index (Phi) is 6.61. The lowest BCUT2D eigenvalue weighted by atomic mass is 9.84. The van der Waals surface area contributed by atoms with E-state index in [1.54, 1.807) is 18.2 Å². The molecule has 1 N–H and O–H groups in total. The Morgan fingerprint density at radius 3 is 2.51 bits per heavy atom. The van der Waals surface area contributed by atoms with Crippen LogP contribution >= 0.6 is 0 Å². The van der Waals surface area contributed by atoms with E-state index in [0.717, 1.165) is 42.9 Å². The van der Waals surface area contributed by atoms with Gasteiger partial charge in [0.1, 0.15) is 17.9 Å². The minimum atomic E-state index is -4.35. The molecule has 7 nitrogen and oxygen atoms in total. The number of halogens is 3. The summed E-state index contributed by atoms with van der Waals surface area (Å²) in [4.78, 5) is 40.7. The van der Waals surface area contributed by atoms with Gasteiger partial charge in [0.05, 0.1) is 5.56 Å². The molecule has 1 aliphatic carbocycles. The third-order valence-corrected chi connectivity index (χ3v) is 8.51. The Labute approximate surface area is 224 Å². The van der Waals surface area contributed by atoms with Crippen LogP contribution in [0.2, 0.25) is 0 Å². The minimum Gasteiger partial charge on any atom is -0.489 e. The van der Waals surface area contributed by atoms with Gasteiger partial charge in [-0.2, -0.15) is 13.2 Å². The molecular formula is C29H30F3N3O4. The average molecular weight is 542 g/mol. The van der Waals surface area contributed by atoms with Gasteiger partial charge < -0.3 is 9.64 Å². The Balaban J connectivity index is 1.11. The molecule has 3 atom stereocenters. The first-order chi connectivity index (χ1) is 18.7. The summed E-state index contributed by atoms with van der Waals surface area (Å²) in [5.74, 6) is -0.242. The number of hydrogen-bond donors (Lipinski definition) is 1. The SMILES string of the molecule is O=C1CCC(N2Cc3cc(O[C@@H]4CCCC[C@H]4N4CC(c5cccc(C(F)(F)F)c5)C4)ccc3C2=O)C(=O)N1. The average Bonchev–Trinajstić information content (AvgIpc) is 3.19. The van der Waals surface area contributed by atoms with Crippen LogP contribution in [0.3, 0.4) is 0 Å². The number of amides is 3. The molecule has 0 spiro atoms. The number of nitrogens with zero attached hydrogens (tertiary/aromatic N) is 2. The van der Waals surface area contributed by atoms with E-state index in [-0.39, 0.29) is 42.8 Å². The maximum atomic E-state index is 13.2. The smallest absolute Gasteiger partial charge is 0.416 e. The number of hydrogen-bond acceptors (Lipinski definition) is 5. The highest BCUT2D eigenvalue weighted by atomic mass is 19.4. The van der Waals surface area contributed by atoms with Crippen molar-refractivity contribution < 1.29 is 32.3 Å². The number of nitrogens with one attached hydrogen (secondary N) is 1. The Morgan fingerprint density at radius 1 is 0.949 bits per heavy atom. The lowest BCUT2D eigenvalue weighted by Gasteiger charge is -2.48. The molecule has 1 unspecified atom stereocenters. The molecule has 206 valence electrons. The summed E-state index contributed by atoms with van der Waals surface area (Å²) in [6.07, 6.45) is 0.0889. The summed E-state index contributed by atoms with van der Waals surface area (Å²) in [6.45, 7) is 1.69. The summed E-state index contributed by atoms with van der Waals surface area (Å²) in [5, 5.41) is 2.32. The van der Waals surface area contributed by atoms with E-state index < -0.39 is 23.7 Å². The van der Waals surface area contributed by atoms with Crippen molar-refractivity contribution in [2.75, 3.05) is 13.1 Å². The molecule has 2 aromatic rings. The highest BCUT2D eigenvalue weighted by Crippen LogP contribution is 2.38. The summed E-state index contributed by atoms with van der Waals surface area (Å²) >= 11 is 0. The van der Waals surface area contributed by atoms with E-state index >= 15 is 0 Å². The molecule has 6 rings (SSSR count). The largest absolute Gasteiger partial charge is 0.489 e. The van der Waals surface area contributed by atoms with Crippen LogP contribution in [0.5, 0.6) is 5.75 Å². The van der Waals surface area contributed by atoms with Crippen molar-refractivity contribution in [3.05, 3.63) is 64.7 Å². The predicted octanol–water partition coefficient (Wildman–Crippen LogP) is 4.26. The van der Waals surface area contributed by atoms with E-state index in [1.807, 2.05) is 6.07 Å². The molecule has 10 heteroatoms. The number of carbonyl (C=O) groups excluding carboxylic acids is 3. The van der Waals surface area contributed by atoms with E-state index in [2.05, 4.69) is 10.2 Å². The van der Waals surface area contributed by atoms with Crippen LogP contribution < -0.4 is 10.1 Å².